The second kappa shape index (κ2) is 8.06. The van der Waals surface area contributed by atoms with E-state index in [1.807, 2.05) is 0 Å². The lowest BCUT2D eigenvalue weighted by atomic mass is 9.78. The Morgan fingerprint density at radius 1 is 1.43 bits per heavy atom. The van der Waals surface area contributed by atoms with Crippen molar-refractivity contribution in [3.63, 3.8) is 0 Å². The molecule has 1 aromatic rings. The van der Waals surface area contributed by atoms with Gasteiger partial charge < -0.3 is 14.8 Å². The van der Waals surface area contributed by atoms with Gasteiger partial charge in [0, 0.05) is 25.4 Å². The second-order valence-corrected chi connectivity index (χ2v) is 8.35. The molecule has 0 bridgehead atoms. The van der Waals surface area contributed by atoms with Gasteiger partial charge in [0.15, 0.2) is 6.10 Å². The Hall–Kier alpha value is -2.17. The van der Waals surface area contributed by atoms with Gasteiger partial charge in [-0.1, -0.05) is 0 Å². The van der Waals surface area contributed by atoms with Crippen molar-refractivity contribution in [1.29, 1.82) is 5.26 Å². The van der Waals surface area contributed by atoms with Crippen LogP contribution in [0.1, 0.15) is 49.5 Å². The van der Waals surface area contributed by atoms with E-state index in [1.54, 1.807) is 6.07 Å². The molecule has 1 saturated carbocycles. The number of methoxy groups -OCH3 is 1. The van der Waals surface area contributed by atoms with Crippen LogP contribution in [0.5, 0.6) is 5.75 Å². The predicted octanol–water partition coefficient (Wildman–Crippen LogP) is 2.03. The highest BCUT2D eigenvalue weighted by atomic mass is 16.5. The third-order valence-electron chi connectivity index (χ3n) is 6.40. The fourth-order valence-electron chi connectivity index (χ4n) is 4.29. The number of nitriles is 1. The molecule has 7 nitrogen and oxygen atoms in total. The Balaban J connectivity index is 1.47. The van der Waals surface area contributed by atoms with Crippen molar-refractivity contribution in [2.24, 2.45) is 11.3 Å². The molecule has 1 atom stereocenters. The molecule has 2 aliphatic heterocycles. The number of nitrogens with one attached hydrogen (secondary N) is 1. The van der Waals surface area contributed by atoms with Crippen LogP contribution in [0.15, 0.2) is 12.3 Å². The van der Waals surface area contributed by atoms with Gasteiger partial charge >= 0.3 is 5.97 Å². The molecule has 0 radical (unpaired) electrons. The minimum atomic E-state index is -0.439. The fourth-order valence-corrected chi connectivity index (χ4v) is 4.29. The lowest BCUT2D eigenvalue weighted by Gasteiger charge is -2.39. The van der Waals surface area contributed by atoms with E-state index in [4.69, 9.17) is 9.47 Å². The van der Waals surface area contributed by atoms with Crippen molar-refractivity contribution >= 4 is 5.97 Å². The molecule has 28 heavy (non-hydrogen) atoms. The molecule has 1 N–H and O–H groups in total. The number of rotatable bonds is 6. The molecule has 3 fully saturated rings. The molecule has 1 aromatic heterocycles. The Morgan fingerprint density at radius 2 is 2.21 bits per heavy atom. The third-order valence-corrected chi connectivity index (χ3v) is 6.40. The van der Waals surface area contributed by atoms with Crippen LogP contribution in [0.4, 0.5) is 0 Å². The number of pyridine rings is 1. The summed E-state index contributed by atoms with van der Waals surface area (Å²) in [5, 5.41) is 12.7. The minimum absolute atomic E-state index is 0.0389. The maximum atomic E-state index is 12.4. The lowest BCUT2D eigenvalue weighted by molar-refractivity contribution is -0.152. The van der Waals surface area contributed by atoms with Crippen LogP contribution in [0.25, 0.3) is 0 Å². The van der Waals surface area contributed by atoms with Gasteiger partial charge in [0.1, 0.15) is 17.4 Å². The van der Waals surface area contributed by atoms with Crippen LogP contribution in [0.2, 0.25) is 0 Å². The number of ether oxygens (including phenoxy) is 2. The maximum absolute atomic E-state index is 12.4. The number of piperidine rings is 1. The summed E-state index contributed by atoms with van der Waals surface area (Å²) in [6.07, 6.45) is 6.49. The van der Waals surface area contributed by atoms with Crippen LogP contribution in [-0.2, 0) is 9.53 Å². The zero-order valence-electron chi connectivity index (χ0n) is 16.4. The number of nitrogens with zero attached hydrogens (tertiary/aromatic N) is 3. The highest BCUT2D eigenvalue weighted by Crippen LogP contribution is 2.38. The first-order valence-electron chi connectivity index (χ1n) is 10.2. The summed E-state index contributed by atoms with van der Waals surface area (Å²) in [6.45, 7) is 4.88. The van der Waals surface area contributed by atoms with Crippen molar-refractivity contribution < 1.29 is 14.3 Å². The number of aromatic nitrogens is 1. The third kappa shape index (κ3) is 4.13. The summed E-state index contributed by atoms with van der Waals surface area (Å²) < 4.78 is 11.2. The monoisotopic (exact) mass is 384 g/mol. The molecule has 0 aromatic carbocycles. The van der Waals surface area contributed by atoms with E-state index in [1.165, 1.54) is 32.6 Å². The standard InChI is InChI=1S/C21H28N4O3/c1-27-18-10-17(24-12-16(18)11-22)19(28-20(26)15-2-3-15)13-25-8-5-21(6-9-25)4-7-23-14-21/h10,12,15,19,23H,2-9,13-14H2,1H3/t19-/m0/s1. The largest absolute Gasteiger partial charge is 0.495 e. The van der Waals surface area contributed by atoms with E-state index < -0.39 is 6.10 Å². The number of hydrogen-bond donors (Lipinski definition) is 1. The first kappa shape index (κ1) is 19.2. The average molecular weight is 384 g/mol. The van der Waals surface area contributed by atoms with Crippen LogP contribution in [0.3, 0.4) is 0 Å². The molecule has 3 aliphatic rings. The lowest BCUT2D eigenvalue weighted by Crippen LogP contribution is -2.43. The van der Waals surface area contributed by atoms with Crippen LogP contribution in [0, 0.1) is 22.7 Å². The van der Waals surface area contributed by atoms with Gasteiger partial charge in [-0.25, -0.2) is 0 Å². The summed E-state index contributed by atoms with van der Waals surface area (Å²) in [4.78, 5) is 19.1. The fraction of sp³-hybridized carbons (Fsp3) is 0.667. The van der Waals surface area contributed by atoms with Crippen LogP contribution in [-0.4, -0.2) is 55.7 Å². The zero-order valence-corrected chi connectivity index (χ0v) is 16.4. The summed E-state index contributed by atoms with van der Waals surface area (Å²) in [5.74, 6) is 0.371. The Kier molecular flexibility index (Phi) is 5.51. The molecule has 1 aliphatic carbocycles. The Morgan fingerprint density at radius 3 is 2.82 bits per heavy atom. The van der Waals surface area contributed by atoms with E-state index in [2.05, 4.69) is 21.3 Å². The van der Waals surface area contributed by atoms with Gasteiger partial charge in [0.2, 0.25) is 0 Å². The average Bonchev–Trinajstić information content (AvgIpc) is 3.49. The van der Waals surface area contributed by atoms with Gasteiger partial charge in [-0.2, -0.15) is 5.26 Å². The molecule has 1 spiro atoms. The van der Waals surface area contributed by atoms with E-state index in [0.29, 0.717) is 29.0 Å². The molecule has 7 heteroatoms. The maximum Gasteiger partial charge on any atom is 0.309 e. The van der Waals surface area contributed by atoms with Crippen LogP contribution >= 0.6 is 0 Å². The SMILES string of the molecule is COc1cc([C@H](CN2CCC3(CCNC3)CC2)OC(=O)C2CC2)ncc1C#N. The molecular weight excluding hydrogens is 356 g/mol. The van der Waals surface area contributed by atoms with E-state index in [-0.39, 0.29) is 11.9 Å². The molecule has 150 valence electrons. The number of carbonyl (C=O) groups excluding carboxylic acids is 1. The second-order valence-electron chi connectivity index (χ2n) is 8.35. The van der Waals surface area contributed by atoms with Crippen molar-refractivity contribution in [3.05, 3.63) is 23.5 Å². The van der Waals surface area contributed by atoms with Crippen LogP contribution < -0.4 is 10.1 Å². The summed E-state index contributed by atoms with van der Waals surface area (Å²) in [6, 6.07) is 3.81. The van der Waals surface area contributed by atoms with Gasteiger partial charge in [-0.15, -0.1) is 0 Å². The zero-order chi connectivity index (χ0) is 19.6. The highest BCUT2D eigenvalue weighted by Gasteiger charge is 2.38. The molecule has 0 unspecified atom stereocenters. The minimum Gasteiger partial charge on any atom is -0.495 e. The van der Waals surface area contributed by atoms with E-state index in [9.17, 15) is 10.1 Å². The summed E-state index contributed by atoms with van der Waals surface area (Å²) in [5.41, 5.74) is 1.48. The quantitative estimate of drug-likeness (QED) is 0.751. The normalized spacial score (nSPS) is 22.6. The number of esters is 1. The van der Waals surface area contributed by atoms with Gasteiger partial charge in [0.25, 0.3) is 0 Å². The summed E-state index contributed by atoms with van der Waals surface area (Å²) in [7, 11) is 1.53. The van der Waals surface area contributed by atoms with Crippen molar-refractivity contribution in [1.82, 2.24) is 15.2 Å². The number of hydrogen-bond acceptors (Lipinski definition) is 7. The predicted molar refractivity (Wildman–Crippen MR) is 103 cm³/mol. The molecule has 4 rings (SSSR count). The highest BCUT2D eigenvalue weighted by molar-refractivity contribution is 5.75. The van der Waals surface area contributed by atoms with Gasteiger partial charge in [-0.05, 0) is 57.2 Å². The molecular formula is C21H28N4O3. The van der Waals surface area contributed by atoms with Crippen molar-refractivity contribution in [3.8, 4) is 11.8 Å². The number of likely N-dealkylation sites (tertiary alicyclic amines) is 1. The van der Waals surface area contributed by atoms with Gasteiger partial charge in [0.05, 0.1) is 18.7 Å². The Labute approximate surface area is 166 Å². The Bertz CT molecular complexity index is 755. The first-order valence-corrected chi connectivity index (χ1v) is 10.2. The van der Waals surface area contributed by atoms with Gasteiger partial charge in [-0.3, -0.25) is 14.7 Å². The molecule has 2 saturated heterocycles. The smallest absolute Gasteiger partial charge is 0.309 e. The molecule has 3 heterocycles. The van der Waals surface area contributed by atoms with Crippen molar-refractivity contribution in [2.75, 3.05) is 39.8 Å². The first-order chi connectivity index (χ1) is 13.6. The molecule has 0 amide bonds. The summed E-state index contributed by atoms with van der Waals surface area (Å²) >= 11 is 0. The van der Waals surface area contributed by atoms with E-state index in [0.717, 1.165) is 39.0 Å². The number of carbonyl (C=O) groups is 1. The van der Waals surface area contributed by atoms with E-state index >= 15 is 0 Å². The van der Waals surface area contributed by atoms with Crippen molar-refractivity contribution in [2.45, 2.75) is 38.2 Å². The topological polar surface area (TPSA) is 87.5 Å².